The number of hydrogen-bond donors (Lipinski definition) is 5. The molecule has 1 aliphatic rings. The number of amides is 2. The number of benzene rings is 3. The van der Waals surface area contributed by atoms with Crippen molar-refractivity contribution in [2.24, 2.45) is 0 Å². The number of phenolic OH excluding ortho intramolecular Hbond substituents is 2. The highest BCUT2D eigenvalue weighted by atomic mass is 16.4. The number of carbonyl (C=O) groups is 3. The smallest absolute Gasteiger partial charge is 0.328 e. The Morgan fingerprint density at radius 1 is 0.882 bits per heavy atom. The van der Waals surface area contributed by atoms with Gasteiger partial charge in [0.2, 0.25) is 0 Å². The van der Waals surface area contributed by atoms with Crippen LogP contribution in [-0.4, -0.2) is 33.1 Å². The van der Waals surface area contributed by atoms with E-state index in [1.165, 1.54) is 24.4 Å². The summed E-state index contributed by atoms with van der Waals surface area (Å²) < 4.78 is 0. The van der Waals surface area contributed by atoms with E-state index in [1.54, 1.807) is 36.4 Å². The van der Waals surface area contributed by atoms with Crippen molar-refractivity contribution in [3.8, 4) is 22.6 Å². The Kier molecular flexibility index (Phi) is 6.13. The number of carboxylic acids is 1. The molecule has 8 nitrogen and oxygen atoms in total. The van der Waals surface area contributed by atoms with Gasteiger partial charge in [-0.05, 0) is 58.7 Å². The van der Waals surface area contributed by atoms with E-state index in [2.05, 4.69) is 10.6 Å². The fourth-order valence-electron chi connectivity index (χ4n) is 3.59. The quantitative estimate of drug-likeness (QED) is 0.218. The summed E-state index contributed by atoms with van der Waals surface area (Å²) in [5, 5.41) is 33.3. The number of phenols is 2. The molecule has 0 fully saturated rings. The van der Waals surface area contributed by atoms with Crippen molar-refractivity contribution in [1.82, 2.24) is 10.6 Å². The van der Waals surface area contributed by atoms with Gasteiger partial charge >= 0.3 is 5.97 Å². The molecule has 2 amide bonds. The molecule has 8 heteroatoms. The fourth-order valence-corrected chi connectivity index (χ4v) is 3.59. The molecule has 1 heterocycles. The molecular formula is C26H20N2O6. The zero-order chi connectivity index (χ0) is 24.2. The van der Waals surface area contributed by atoms with Crippen molar-refractivity contribution < 1.29 is 29.7 Å². The molecule has 0 unspecified atom stereocenters. The topological polar surface area (TPSA) is 136 Å². The Balaban J connectivity index is 1.66. The lowest BCUT2D eigenvalue weighted by Gasteiger charge is -2.19. The van der Waals surface area contributed by atoms with Crippen LogP contribution in [0.1, 0.15) is 27.0 Å². The monoisotopic (exact) mass is 456 g/mol. The summed E-state index contributed by atoms with van der Waals surface area (Å²) in [6.45, 7) is 0.269. The minimum Gasteiger partial charge on any atom is -0.504 e. The standard InChI is InChI=1S/C26H20N2O6/c29-22-8-4-16(11-23(22)30)13-27-14-21-20-12-18(6-7-19(20)25(33)28-26(21)34)17-3-1-2-15(10-17)5-9-24(31)32/h1-12,14,27,29-30H,13H2,(H,31,32)(H,28,33,34)/b9-5+,21-14+. The Morgan fingerprint density at radius 3 is 2.44 bits per heavy atom. The lowest BCUT2D eigenvalue weighted by Crippen LogP contribution is -2.37. The molecule has 3 aromatic rings. The third-order valence-electron chi connectivity index (χ3n) is 5.26. The first-order valence-corrected chi connectivity index (χ1v) is 10.3. The van der Waals surface area contributed by atoms with E-state index in [1.807, 2.05) is 12.1 Å². The number of nitrogens with one attached hydrogen (secondary N) is 2. The molecule has 5 N–H and O–H groups in total. The predicted octanol–water partition coefficient (Wildman–Crippen LogP) is 3.26. The van der Waals surface area contributed by atoms with Crippen LogP contribution in [0.15, 0.2) is 72.9 Å². The molecular weight excluding hydrogens is 436 g/mol. The molecule has 0 spiro atoms. The molecule has 0 radical (unpaired) electrons. The van der Waals surface area contributed by atoms with Gasteiger partial charge in [-0.1, -0.05) is 30.3 Å². The summed E-state index contributed by atoms with van der Waals surface area (Å²) in [5.74, 6) is -2.56. The Hall–Kier alpha value is -4.85. The molecule has 0 saturated heterocycles. The van der Waals surface area contributed by atoms with Crippen LogP contribution in [0.3, 0.4) is 0 Å². The van der Waals surface area contributed by atoms with Crippen LogP contribution >= 0.6 is 0 Å². The van der Waals surface area contributed by atoms with Crippen molar-refractivity contribution in [2.45, 2.75) is 6.54 Å². The molecule has 0 bridgehead atoms. The van der Waals surface area contributed by atoms with Crippen LogP contribution in [0.2, 0.25) is 0 Å². The number of hydrogen-bond acceptors (Lipinski definition) is 6. The Morgan fingerprint density at radius 2 is 1.68 bits per heavy atom. The lowest BCUT2D eigenvalue weighted by molar-refractivity contribution is -0.131. The van der Waals surface area contributed by atoms with E-state index in [9.17, 15) is 24.6 Å². The SMILES string of the molecule is O=C(O)/C=C/c1cccc(-c2ccc3c(c2)/C(=C\NCc2ccc(O)c(O)c2)C(=O)NC3=O)c1. The summed E-state index contributed by atoms with van der Waals surface area (Å²) in [5.41, 5.74) is 3.99. The highest BCUT2D eigenvalue weighted by molar-refractivity contribution is 6.31. The molecule has 0 saturated carbocycles. The number of aromatic hydroxyl groups is 2. The zero-order valence-corrected chi connectivity index (χ0v) is 17.8. The summed E-state index contributed by atoms with van der Waals surface area (Å²) in [6.07, 6.45) is 4.03. The average Bonchev–Trinajstić information content (AvgIpc) is 2.82. The third-order valence-corrected chi connectivity index (χ3v) is 5.26. The van der Waals surface area contributed by atoms with Crippen LogP contribution in [0.25, 0.3) is 22.8 Å². The van der Waals surface area contributed by atoms with Gasteiger partial charge in [-0.2, -0.15) is 0 Å². The van der Waals surface area contributed by atoms with Gasteiger partial charge in [0.05, 0.1) is 5.57 Å². The van der Waals surface area contributed by atoms with Gasteiger partial charge in [-0.3, -0.25) is 14.9 Å². The second-order valence-corrected chi connectivity index (χ2v) is 7.60. The lowest BCUT2D eigenvalue weighted by atomic mass is 9.91. The van der Waals surface area contributed by atoms with Gasteiger partial charge in [-0.25, -0.2) is 4.79 Å². The van der Waals surface area contributed by atoms with Crippen molar-refractivity contribution in [1.29, 1.82) is 0 Å². The van der Waals surface area contributed by atoms with E-state index in [0.717, 1.165) is 17.2 Å². The number of rotatable bonds is 6. The number of carboxylic acid groups (broad SMARTS) is 1. The fraction of sp³-hybridized carbons (Fsp3) is 0.0385. The first kappa shape index (κ1) is 22.3. The third kappa shape index (κ3) is 4.81. The largest absolute Gasteiger partial charge is 0.504 e. The van der Waals surface area contributed by atoms with Gasteiger partial charge in [-0.15, -0.1) is 0 Å². The van der Waals surface area contributed by atoms with Crippen molar-refractivity contribution in [3.63, 3.8) is 0 Å². The van der Waals surface area contributed by atoms with E-state index < -0.39 is 17.8 Å². The number of imide groups is 1. The molecule has 34 heavy (non-hydrogen) atoms. The maximum atomic E-state index is 12.6. The summed E-state index contributed by atoms with van der Waals surface area (Å²) in [7, 11) is 0. The van der Waals surface area contributed by atoms with E-state index in [4.69, 9.17) is 5.11 Å². The zero-order valence-electron chi connectivity index (χ0n) is 17.8. The maximum Gasteiger partial charge on any atom is 0.328 e. The first-order chi connectivity index (χ1) is 16.3. The molecule has 1 aliphatic heterocycles. The molecule has 4 rings (SSSR count). The van der Waals surface area contributed by atoms with Crippen LogP contribution in [0, 0.1) is 0 Å². The van der Waals surface area contributed by atoms with Crippen molar-refractivity contribution in [2.75, 3.05) is 0 Å². The van der Waals surface area contributed by atoms with E-state index >= 15 is 0 Å². The van der Waals surface area contributed by atoms with E-state index in [-0.39, 0.29) is 23.6 Å². The van der Waals surface area contributed by atoms with E-state index in [0.29, 0.717) is 22.3 Å². The second kappa shape index (κ2) is 9.33. The Labute approximate surface area is 194 Å². The maximum absolute atomic E-state index is 12.6. The molecule has 0 aliphatic carbocycles. The van der Waals surface area contributed by atoms with Crippen LogP contribution in [-0.2, 0) is 16.1 Å². The number of carbonyl (C=O) groups excluding carboxylic acids is 2. The minimum atomic E-state index is -1.05. The normalized spacial score (nSPS) is 14.2. The minimum absolute atomic E-state index is 0.226. The van der Waals surface area contributed by atoms with Crippen molar-refractivity contribution >= 4 is 29.4 Å². The van der Waals surface area contributed by atoms with Gasteiger partial charge in [0.25, 0.3) is 11.8 Å². The summed E-state index contributed by atoms with van der Waals surface area (Å²) in [6, 6.07) is 16.8. The van der Waals surface area contributed by atoms with Crippen LogP contribution in [0.4, 0.5) is 0 Å². The van der Waals surface area contributed by atoms with Gasteiger partial charge in [0.15, 0.2) is 11.5 Å². The van der Waals surface area contributed by atoms with Crippen molar-refractivity contribution in [3.05, 3.63) is 95.2 Å². The molecule has 170 valence electrons. The number of aliphatic carboxylic acids is 1. The highest BCUT2D eigenvalue weighted by Gasteiger charge is 2.27. The summed E-state index contributed by atoms with van der Waals surface area (Å²) in [4.78, 5) is 35.7. The highest BCUT2D eigenvalue weighted by Crippen LogP contribution is 2.30. The average molecular weight is 456 g/mol. The number of fused-ring (bicyclic) bond motifs is 1. The van der Waals surface area contributed by atoms with Crippen LogP contribution in [0.5, 0.6) is 11.5 Å². The first-order valence-electron chi connectivity index (χ1n) is 10.3. The molecule has 0 atom stereocenters. The second-order valence-electron chi connectivity index (χ2n) is 7.60. The van der Waals surface area contributed by atoms with Gasteiger partial charge < -0.3 is 20.6 Å². The Bertz CT molecular complexity index is 1370. The molecule has 3 aromatic carbocycles. The van der Waals surface area contributed by atoms with Gasteiger partial charge in [0.1, 0.15) is 0 Å². The predicted molar refractivity (Wildman–Crippen MR) is 126 cm³/mol. The van der Waals surface area contributed by atoms with Gasteiger partial charge in [0, 0.05) is 29.9 Å². The molecule has 0 aromatic heterocycles. The summed E-state index contributed by atoms with van der Waals surface area (Å²) >= 11 is 0. The van der Waals surface area contributed by atoms with Crippen LogP contribution < -0.4 is 10.6 Å².